The van der Waals surface area contributed by atoms with Crippen molar-refractivity contribution in [3.8, 4) is 5.88 Å². The minimum atomic E-state index is -3.14. The standard InChI is InChI=1S/C29H43N5O5S/c1-40(37,38)33-8-6-32(7-9-33)25-4-5-26(30-17-25)39-18-20-12-23-2-3-24(13-20)34(23)28(35)31-27-21-10-19-11-22(27)16-29(36,14-19)15-21/h4-5,17,19-24,27,36H,2-3,6-16,18H2,1H3,(H,31,35)/t19?,20?,21-,22+,23?,24?,27?,29?. The number of ether oxygens (including phenoxy) is 1. The van der Waals surface area contributed by atoms with Gasteiger partial charge in [-0.05, 0) is 87.5 Å². The Kier molecular flexibility index (Phi) is 6.70. The summed E-state index contributed by atoms with van der Waals surface area (Å²) in [5.41, 5.74) is 0.506. The molecule has 4 heterocycles. The second-order valence-electron chi connectivity index (χ2n) is 13.6. The fraction of sp³-hybridized carbons (Fsp3) is 0.793. The number of hydrogen-bond acceptors (Lipinski definition) is 7. The number of nitrogens with one attached hydrogen (secondary N) is 1. The van der Waals surface area contributed by atoms with Crippen LogP contribution in [0.3, 0.4) is 0 Å². The molecule has 0 aromatic carbocycles. The molecule has 3 saturated heterocycles. The smallest absolute Gasteiger partial charge is 0.318 e. The number of urea groups is 1. The van der Waals surface area contributed by atoms with Crippen molar-refractivity contribution in [2.75, 3.05) is 43.9 Å². The SMILES string of the molecule is CS(=O)(=O)N1CCN(c2ccc(OCC3CC4CCC(C3)N4C(=O)NC3[C@@H]4CC5C[C@H]3CC(O)(C5)C4)nc2)CC1. The predicted octanol–water partition coefficient (Wildman–Crippen LogP) is 2.43. The van der Waals surface area contributed by atoms with Gasteiger partial charge in [-0.1, -0.05) is 0 Å². The molecule has 3 aliphatic heterocycles. The molecule has 10 nitrogen and oxygen atoms in total. The highest BCUT2D eigenvalue weighted by atomic mass is 32.2. The Balaban J connectivity index is 0.897. The van der Waals surface area contributed by atoms with Crippen LogP contribution in [0.25, 0.3) is 0 Å². The lowest BCUT2D eigenvalue weighted by atomic mass is 9.52. The Morgan fingerprint density at radius 2 is 1.73 bits per heavy atom. The van der Waals surface area contributed by atoms with Crippen LogP contribution >= 0.6 is 0 Å². The average Bonchev–Trinajstić information content (AvgIpc) is 3.18. The predicted molar refractivity (Wildman–Crippen MR) is 151 cm³/mol. The van der Waals surface area contributed by atoms with Gasteiger partial charge < -0.3 is 25.0 Å². The number of aliphatic hydroxyl groups is 1. The Hall–Kier alpha value is -2.11. The number of nitrogens with zero attached hydrogens (tertiary/aromatic N) is 4. The number of carbonyl (C=O) groups is 1. The van der Waals surface area contributed by atoms with Crippen molar-refractivity contribution in [3.05, 3.63) is 18.3 Å². The van der Waals surface area contributed by atoms with Crippen LogP contribution < -0.4 is 15.0 Å². The molecular weight excluding hydrogens is 530 g/mol. The number of pyridine rings is 1. The first kappa shape index (κ1) is 26.8. The van der Waals surface area contributed by atoms with Crippen LogP contribution in [0.2, 0.25) is 0 Å². The van der Waals surface area contributed by atoms with Gasteiger partial charge in [0, 0.05) is 50.4 Å². The molecular formula is C29H43N5O5S. The van der Waals surface area contributed by atoms with Crippen LogP contribution in [0, 0.1) is 23.7 Å². The summed E-state index contributed by atoms with van der Waals surface area (Å²) in [5.74, 6) is 2.52. The number of carbonyl (C=O) groups excluding carboxylic acids is 1. The van der Waals surface area contributed by atoms with E-state index < -0.39 is 15.6 Å². The molecule has 220 valence electrons. The van der Waals surface area contributed by atoms with Crippen LogP contribution in [0.15, 0.2) is 18.3 Å². The monoisotopic (exact) mass is 573 g/mol. The maximum atomic E-state index is 13.5. The van der Waals surface area contributed by atoms with Crippen molar-refractivity contribution in [2.24, 2.45) is 23.7 Å². The van der Waals surface area contributed by atoms with Gasteiger partial charge in [0.2, 0.25) is 15.9 Å². The van der Waals surface area contributed by atoms with Gasteiger partial charge in [0.25, 0.3) is 0 Å². The zero-order valence-electron chi connectivity index (χ0n) is 23.5. The quantitative estimate of drug-likeness (QED) is 0.537. The van der Waals surface area contributed by atoms with E-state index in [1.54, 1.807) is 0 Å². The van der Waals surface area contributed by atoms with Crippen LogP contribution in [0.4, 0.5) is 10.5 Å². The van der Waals surface area contributed by atoms with E-state index in [2.05, 4.69) is 20.1 Å². The number of fused-ring (bicyclic) bond motifs is 2. The summed E-state index contributed by atoms with van der Waals surface area (Å²) in [6, 6.07) is 4.78. The van der Waals surface area contributed by atoms with Gasteiger partial charge in [-0.25, -0.2) is 18.2 Å². The Labute approximate surface area is 237 Å². The number of piperazine rings is 1. The molecule has 1 aromatic rings. The van der Waals surface area contributed by atoms with E-state index in [9.17, 15) is 18.3 Å². The van der Waals surface area contributed by atoms with Crippen molar-refractivity contribution < 1.29 is 23.1 Å². The number of hydrogen-bond donors (Lipinski definition) is 2. The van der Waals surface area contributed by atoms with Gasteiger partial charge in [-0.3, -0.25) is 0 Å². The molecule has 7 atom stereocenters. The Bertz CT molecular complexity index is 1190. The summed E-state index contributed by atoms with van der Waals surface area (Å²) < 4.78 is 31.1. The van der Waals surface area contributed by atoms with Gasteiger partial charge in [0.1, 0.15) is 0 Å². The third kappa shape index (κ3) is 5.06. The number of sulfonamides is 1. The van der Waals surface area contributed by atoms with E-state index in [1.807, 2.05) is 18.3 Å². The third-order valence-electron chi connectivity index (χ3n) is 10.9. The molecule has 5 unspecified atom stereocenters. The average molecular weight is 574 g/mol. The molecule has 40 heavy (non-hydrogen) atoms. The van der Waals surface area contributed by atoms with Gasteiger partial charge in [-0.2, -0.15) is 4.31 Å². The van der Waals surface area contributed by atoms with Crippen LogP contribution in [-0.4, -0.2) is 96.5 Å². The van der Waals surface area contributed by atoms with E-state index in [1.165, 1.54) is 10.6 Å². The number of rotatable bonds is 6. The lowest BCUT2D eigenvalue weighted by Gasteiger charge is -2.58. The fourth-order valence-corrected chi connectivity index (χ4v) is 10.1. The number of aromatic nitrogens is 1. The van der Waals surface area contributed by atoms with Gasteiger partial charge in [0.15, 0.2) is 0 Å². The van der Waals surface area contributed by atoms with Crippen molar-refractivity contribution >= 4 is 21.7 Å². The van der Waals surface area contributed by atoms with E-state index in [4.69, 9.17) is 4.74 Å². The molecule has 4 saturated carbocycles. The topological polar surface area (TPSA) is 115 Å². The lowest BCUT2D eigenvalue weighted by molar-refractivity contribution is -0.137. The highest BCUT2D eigenvalue weighted by Gasteiger charge is 2.55. The van der Waals surface area contributed by atoms with E-state index >= 15 is 0 Å². The zero-order chi connectivity index (χ0) is 27.6. The minimum Gasteiger partial charge on any atom is -0.477 e. The number of piperidine rings is 1. The molecule has 7 fully saturated rings. The molecule has 0 spiro atoms. The maximum absolute atomic E-state index is 13.5. The normalized spacial score (nSPS) is 39.0. The molecule has 7 aliphatic rings. The zero-order valence-corrected chi connectivity index (χ0v) is 24.3. The number of amides is 2. The van der Waals surface area contributed by atoms with Crippen molar-refractivity contribution in [1.29, 1.82) is 0 Å². The molecule has 2 amide bonds. The molecule has 4 aliphatic carbocycles. The summed E-state index contributed by atoms with van der Waals surface area (Å²) in [5, 5.41) is 14.4. The van der Waals surface area contributed by atoms with Crippen LogP contribution in [-0.2, 0) is 10.0 Å². The molecule has 2 N–H and O–H groups in total. The van der Waals surface area contributed by atoms with Crippen molar-refractivity contribution in [2.45, 2.75) is 81.5 Å². The van der Waals surface area contributed by atoms with Gasteiger partial charge in [0.05, 0.1) is 30.3 Å². The minimum absolute atomic E-state index is 0.117. The highest BCUT2D eigenvalue weighted by molar-refractivity contribution is 7.88. The van der Waals surface area contributed by atoms with E-state index in [0.29, 0.717) is 62.3 Å². The second kappa shape index (κ2) is 10.0. The first-order valence-electron chi connectivity index (χ1n) is 15.2. The Morgan fingerprint density at radius 3 is 2.30 bits per heavy atom. The molecule has 6 bridgehead atoms. The van der Waals surface area contributed by atoms with Crippen LogP contribution in [0.1, 0.15) is 57.8 Å². The van der Waals surface area contributed by atoms with Crippen molar-refractivity contribution in [3.63, 3.8) is 0 Å². The summed E-state index contributed by atoms with van der Waals surface area (Å²) in [7, 11) is -3.14. The summed E-state index contributed by atoms with van der Waals surface area (Å²) >= 11 is 0. The third-order valence-corrected chi connectivity index (χ3v) is 12.2. The van der Waals surface area contributed by atoms with E-state index in [-0.39, 0.29) is 24.2 Å². The van der Waals surface area contributed by atoms with Gasteiger partial charge >= 0.3 is 6.03 Å². The first-order chi connectivity index (χ1) is 19.1. The second-order valence-corrected chi connectivity index (χ2v) is 15.6. The molecule has 0 radical (unpaired) electrons. The van der Waals surface area contributed by atoms with Crippen LogP contribution in [0.5, 0.6) is 5.88 Å². The van der Waals surface area contributed by atoms with Crippen molar-refractivity contribution in [1.82, 2.24) is 19.5 Å². The molecule has 8 rings (SSSR count). The van der Waals surface area contributed by atoms with Gasteiger partial charge in [-0.15, -0.1) is 0 Å². The fourth-order valence-electron chi connectivity index (χ4n) is 9.32. The van der Waals surface area contributed by atoms with E-state index in [0.717, 1.165) is 63.5 Å². The first-order valence-corrected chi connectivity index (χ1v) is 17.1. The molecule has 11 heteroatoms. The Morgan fingerprint density at radius 1 is 1.05 bits per heavy atom. The largest absolute Gasteiger partial charge is 0.477 e. The maximum Gasteiger partial charge on any atom is 0.318 e. The summed E-state index contributed by atoms with van der Waals surface area (Å²) in [4.78, 5) is 22.3. The highest BCUT2D eigenvalue weighted by Crippen LogP contribution is 2.55. The lowest BCUT2D eigenvalue weighted by Crippen LogP contribution is -2.63. The summed E-state index contributed by atoms with van der Waals surface area (Å²) in [6.45, 7) is 2.88. The number of anilines is 1. The molecule has 1 aromatic heterocycles. The summed E-state index contributed by atoms with van der Waals surface area (Å²) in [6.07, 6.45) is 12.1.